The molecule has 0 aliphatic carbocycles. The Kier molecular flexibility index (Phi) is 5.84. The van der Waals surface area contributed by atoms with E-state index in [0.29, 0.717) is 37.4 Å². The maximum Gasteiger partial charge on any atom is 0.230 e. The van der Waals surface area contributed by atoms with Crippen molar-refractivity contribution in [3.05, 3.63) is 47.8 Å². The highest BCUT2D eigenvalue weighted by Gasteiger charge is 2.19. The Bertz CT molecular complexity index is 1000. The third-order valence-electron chi connectivity index (χ3n) is 4.09. The molecule has 1 saturated heterocycles. The van der Waals surface area contributed by atoms with Crippen LogP contribution in [0.2, 0.25) is 0 Å². The number of nitrogens with zero attached hydrogens (tertiary/aromatic N) is 8. The van der Waals surface area contributed by atoms with Gasteiger partial charge in [0.1, 0.15) is 22.2 Å². The van der Waals surface area contributed by atoms with Crippen LogP contribution in [0, 0.1) is 22.7 Å². The molecule has 1 aliphatic rings. The van der Waals surface area contributed by atoms with E-state index in [1.807, 2.05) is 0 Å². The van der Waals surface area contributed by atoms with Gasteiger partial charge < -0.3 is 4.90 Å². The molecule has 0 spiro atoms. The summed E-state index contributed by atoms with van der Waals surface area (Å²) in [7, 11) is 0. The van der Waals surface area contributed by atoms with Crippen molar-refractivity contribution in [3.63, 3.8) is 0 Å². The summed E-state index contributed by atoms with van der Waals surface area (Å²) in [5, 5.41) is 20.3. The summed E-state index contributed by atoms with van der Waals surface area (Å²) in [4.78, 5) is 24.5. The lowest BCUT2D eigenvalue weighted by Crippen LogP contribution is -2.21. The van der Waals surface area contributed by atoms with E-state index in [1.54, 1.807) is 24.3 Å². The standard InChI is InChI=1S/C19H14N8S2/c20-9-13-3-5-15(22-11-13)28-18-24-17(27-7-1-2-8-27)25-19(26-18)29-16-6-4-14(10-21)12-23-16/h3-6,11-12H,1-2,7-8H2. The van der Waals surface area contributed by atoms with E-state index in [4.69, 9.17) is 10.5 Å². The van der Waals surface area contributed by atoms with Crippen molar-refractivity contribution in [1.82, 2.24) is 24.9 Å². The van der Waals surface area contributed by atoms with Crippen molar-refractivity contribution in [3.8, 4) is 12.1 Å². The van der Waals surface area contributed by atoms with Gasteiger partial charge in [-0.1, -0.05) is 0 Å². The number of rotatable bonds is 5. The number of pyridine rings is 2. The zero-order chi connectivity index (χ0) is 20.1. The lowest BCUT2D eigenvalue weighted by molar-refractivity contribution is 0.759. The van der Waals surface area contributed by atoms with Crippen LogP contribution < -0.4 is 4.90 Å². The van der Waals surface area contributed by atoms with Crippen molar-refractivity contribution in [2.45, 2.75) is 33.2 Å². The minimum Gasteiger partial charge on any atom is -0.341 e. The van der Waals surface area contributed by atoms with Gasteiger partial charge in [0.15, 0.2) is 10.3 Å². The maximum absolute atomic E-state index is 8.92. The Morgan fingerprint density at radius 3 is 1.69 bits per heavy atom. The van der Waals surface area contributed by atoms with Crippen LogP contribution in [-0.2, 0) is 0 Å². The minimum atomic E-state index is 0.505. The molecule has 1 fully saturated rings. The van der Waals surface area contributed by atoms with Crippen LogP contribution in [-0.4, -0.2) is 38.0 Å². The van der Waals surface area contributed by atoms with Crippen LogP contribution in [0.15, 0.2) is 57.0 Å². The summed E-state index contributed by atoms with van der Waals surface area (Å²) in [6.45, 7) is 1.84. The molecule has 0 N–H and O–H groups in total. The predicted molar refractivity (Wildman–Crippen MR) is 107 cm³/mol. The van der Waals surface area contributed by atoms with E-state index in [1.165, 1.54) is 35.9 Å². The lowest BCUT2D eigenvalue weighted by Gasteiger charge is -2.16. The molecule has 10 heteroatoms. The average Bonchev–Trinajstić information content (AvgIpc) is 3.30. The van der Waals surface area contributed by atoms with Crippen molar-refractivity contribution in [2.75, 3.05) is 18.0 Å². The lowest BCUT2D eigenvalue weighted by atomic mass is 10.3. The first kappa shape index (κ1) is 19.1. The average molecular weight is 419 g/mol. The molecule has 142 valence electrons. The molecule has 0 atom stereocenters. The molecule has 0 amide bonds. The normalized spacial score (nSPS) is 13.1. The fraction of sp³-hybridized carbons (Fsp3) is 0.211. The molecule has 0 unspecified atom stereocenters. The van der Waals surface area contributed by atoms with E-state index >= 15 is 0 Å². The summed E-state index contributed by atoms with van der Waals surface area (Å²) in [5.74, 6) is 0.643. The van der Waals surface area contributed by atoms with Crippen molar-refractivity contribution >= 4 is 29.5 Å². The zero-order valence-electron chi connectivity index (χ0n) is 15.2. The first-order valence-electron chi connectivity index (χ1n) is 8.82. The molecule has 0 saturated carbocycles. The third-order valence-corrected chi connectivity index (χ3v) is 5.73. The summed E-state index contributed by atoms with van der Waals surface area (Å²) in [6.07, 6.45) is 5.29. The second-order valence-electron chi connectivity index (χ2n) is 6.09. The largest absolute Gasteiger partial charge is 0.341 e. The van der Waals surface area contributed by atoms with Gasteiger partial charge in [0.25, 0.3) is 0 Å². The molecule has 3 aromatic rings. The second-order valence-corrected chi connectivity index (χ2v) is 8.07. The highest BCUT2D eigenvalue weighted by atomic mass is 32.2. The SMILES string of the molecule is N#Cc1ccc(Sc2nc(Sc3ccc(C#N)cn3)nc(N3CCCC3)n2)nc1. The minimum absolute atomic E-state index is 0.505. The molecule has 29 heavy (non-hydrogen) atoms. The number of hydrogen-bond acceptors (Lipinski definition) is 10. The third kappa shape index (κ3) is 4.80. The molecule has 1 aliphatic heterocycles. The zero-order valence-corrected chi connectivity index (χ0v) is 16.8. The Morgan fingerprint density at radius 1 is 0.759 bits per heavy atom. The van der Waals surface area contributed by atoms with Gasteiger partial charge in [0.2, 0.25) is 5.95 Å². The number of aromatic nitrogens is 5. The highest BCUT2D eigenvalue weighted by molar-refractivity contribution is 7.99. The number of hydrogen-bond donors (Lipinski definition) is 0. The topological polar surface area (TPSA) is 115 Å². The summed E-state index contributed by atoms with van der Waals surface area (Å²) in [5.41, 5.74) is 1.01. The van der Waals surface area contributed by atoms with Crippen LogP contribution in [0.25, 0.3) is 0 Å². The van der Waals surface area contributed by atoms with E-state index in [-0.39, 0.29) is 0 Å². The summed E-state index contributed by atoms with van der Waals surface area (Å²) >= 11 is 2.65. The summed E-state index contributed by atoms with van der Waals surface area (Å²) in [6, 6.07) is 11.1. The number of anilines is 1. The van der Waals surface area contributed by atoms with Gasteiger partial charge >= 0.3 is 0 Å². The number of nitriles is 2. The van der Waals surface area contributed by atoms with Gasteiger partial charge in [-0.2, -0.15) is 25.5 Å². The van der Waals surface area contributed by atoms with Gasteiger partial charge in [0.05, 0.1) is 11.1 Å². The van der Waals surface area contributed by atoms with E-state index < -0.39 is 0 Å². The Balaban J connectivity index is 1.62. The quantitative estimate of drug-likeness (QED) is 0.611. The molecular weight excluding hydrogens is 404 g/mol. The van der Waals surface area contributed by atoms with Crippen LogP contribution in [0.3, 0.4) is 0 Å². The Hall–Kier alpha value is -3.21. The van der Waals surface area contributed by atoms with E-state index in [2.05, 4.69) is 42.0 Å². The summed E-state index contributed by atoms with van der Waals surface area (Å²) < 4.78 is 0. The first-order valence-corrected chi connectivity index (χ1v) is 10.5. The van der Waals surface area contributed by atoms with Gasteiger partial charge in [0, 0.05) is 25.5 Å². The van der Waals surface area contributed by atoms with Gasteiger partial charge in [-0.15, -0.1) is 0 Å². The van der Waals surface area contributed by atoms with E-state index in [0.717, 1.165) is 25.9 Å². The van der Waals surface area contributed by atoms with E-state index in [9.17, 15) is 0 Å². The van der Waals surface area contributed by atoms with Crippen molar-refractivity contribution in [1.29, 1.82) is 10.5 Å². The van der Waals surface area contributed by atoms with Crippen LogP contribution >= 0.6 is 23.5 Å². The van der Waals surface area contributed by atoms with Crippen LogP contribution in [0.4, 0.5) is 5.95 Å². The molecule has 4 rings (SSSR count). The first-order chi connectivity index (χ1) is 14.2. The highest BCUT2D eigenvalue weighted by Crippen LogP contribution is 2.30. The molecule has 0 aromatic carbocycles. The van der Waals surface area contributed by atoms with Gasteiger partial charge in [-0.25, -0.2) is 9.97 Å². The van der Waals surface area contributed by atoms with Crippen LogP contribution in [0.1, 0.15) is 24.0 Å². The Labute approximate surface area is 176 Å². The molecule has 4 heterocycles. The Morgan fingerprint density at radius 2 is 1.28 bits per heavy atom. The predicted octanol–water partition coefficient (Wildman–Crippen LogP) is 3.31. The monoisotopic (exact) mass is 418 g/mol. The second kappa shape index (κ2) is 8.86. The molecule has 0 bridgehead atoms. The fourth-order valence-corrected chi connectivity index (χ4v) is 4.11. The van der Waals surface area contributed by atoms with Gasteiger partial charge in [-0.3, -0.25) is 0 Å². The molecule has 3 aromatic heterocycles. The van der Waals surface area contributed by atoms with Gasteiger partial charge in [-0.05, 0) is 60.6 Å². The maximum atomic E-state index is 8.92. The van der Waals surface area contributed by atoms with Crippen molar-refractivity contribution < 1.29 is 0 Å². The van der Waals surface area contributed by atoms with Crippen LogP contribution in [0.5, 0.6) is 0 Å². The molecular formula is C19H14N8S2. The molecule has 8 nitrogen and oxygen atoms in total. The smallest absolute Gasteiger partial charge is 0.230 e. The molecule has 0 radical (unpaired) electrons. The van der Waals surface area contributed by atoms with Crippen molar-refractivity contribution in [2.24, 2.45) is 0 Å². The fourth-order valence-electron chi connectivity index (χ4n) is 2.68.